The van der Waals surface area contributed by atoms with Gasteiger partial charge < -0.3 is 15.4 Å². The second-order valence-electron chi connectivity index (χ2n) is 6.54. The predicted octanol–water partition coefficient (Wildman–Crippen LogP) is 0.284. The fourth-order valence-electron chi connectivity index (χ4n) is 2.83. The van der Waals surface area contributed by atoms with Gasteiger partial charge in [0.2, 0.25) is 15.9 Å². The number of amides is 1. The maximum absolute atomic E-state index is 12.3. The third kappa shape index (κ3) is 6.07. The van der Waals surface area contributed by atoms with Crippen LogP contribution in [0.25, 0.3) is 0 Å². The SMILES string of the molecule is CC(C)OCCS(=O)(=O)NCC(=O)N1C[C@@H](N)[C@H](c2ccccc2)C1. The summed E-state index contributed by atoms with van der Waals surface area (Å²) in [5.74, 6) is -0.353. The van der Waals surface area contributed by atoms with Crippen LogP contribution in [0, 0.1) is 0 Å². The first-order valence-corrected chi connectivity index (χ1v) is 10.1. The minimum absolute atomic E-state index is 0.0298. The van der Waals surface area contributed by atoms with Crippen molar-refractivity contribution in [2.45, 2.75) is 31.9 Å². The first-order valence-electron chi connectivity index (χ1n) is 8.46. The maximum Gasteiger partial charge on any atom is 0.237 e. The Bertz CT molecular complexity index is 664. The van der Waals surface area contributed by atoms with E-state index < -0.39 is 10.0 Å². The quantitative estimate of drug-likeness (QED) is 0.685. The van der Waals surface area contributed by atoms with Crippen molar-refractivity contribution >= 4 is 15.9 Å². The summed E-state index contributed by atoms with van der Waals surface area (Å²) in [6.07, 6.45) is -0.0298. The van der Waals surface area contributed by atoms with Crippen molar-refractivity contribution in [3.63, 3.8) is 0 Å². The summed E-state index contributed by atoms with van der Waals surface area (Å²) >= 11 is 0. The molecular formula is C17H27N3O4S. The van der Waals surface area contributed by atoms with Crippen molar-refractivity contribution in [2.75, 3.05) is 32.0 Å². The summed E-state index contributed by atoms with van der Waals surface area (Å²) in [6, 6.07) is 9.67. The molecule has 25 heavy (non-hydrogen) atoms. The predicted molar refractivity (Wildman–Crippen MR) is 96.6 cm³/mol. The molecule has 1 heterocycles. The normalized spacial score (nSPS) is 21.0. The molecular weight excluding hydrogens is 342 g/mol. The lowest BCUT2D eigenvalue weighted by Gasteiger charge is -2.17. The molecule has 3 N–H and O–H groups in total. The van der Waals surface area contributed by atoms with Crippen molar-refractivity contribution in [1.29, 1.82) is 0 Å². The Hall–Kier alpha value is -1.48. The van der Waals surface area contributed by atoms with Gasteiger partial charge in [0.15, 0.2) is 0 Å². The second-order valence-corrected chi connectivity index (χ2v) is 8.47. The Morgan fingerprint density at radius 1 is 1.32 bits per heavy atom. The van der Waals surface area contributed by atoms with E-state index in [1.807, 2.05) is 44.2 Å². The van der Waals surface area contributed by atoms with Gasteiger partial charge in [-0.2, -0.15) is 0 Å². The molecule has 7 nitrogen and oxygen atoms in total. The van der Waals surface area contributed by atoms with Gasteiger partial charge in [-0.1, -0.05) is 30.3 Å². The number of nitrogens with zero attached hydrogens (tertiary/aromatic N) is 1. The third-order valence-electron chi connectivity index (χ3n) is 4.19. The second kappa shape index (κ2) is 8.75. The zero-order valence-corrected chi connectivity index (χ0v) is 15.5. The lowest BCUT2D eigenvalue weighted by Crippen LogP contribution is -2.41. The summed E-state index contributed by atoms with van der Waals surface area (Å²) in [4.78, 5) is 13.9. The number of nitrogens with one attached hydrogen (secondary N) is 1. The van der Waals surface area contributed by atoms with Gasteiger partial charge in [0.05, 0.1) is 25.0 Å². The molecule has 0 bridgehead atoms. The highest BCUT2D eigenvalue weighted by Crippen LogP contribution is 2.26. The Labute approximate surface area is 149 Å². The van der Waals surface area contributed by atoms with Gasteiger partial charge in [-0.3, -0.25) is 4.79 Å². The molecule has 0 saturated carbocycles. The third-order valence-corrected chi connectivity index (χ3v) is 5.48. The first-order chi connectivity index (χ1) is 11.8. The number of rotatable bonds is 8. The summed E-state index contributed by atoms with van der Waals surface area (Å²) in [6.45, 7) is 4.45. The monoisotopic (exact) mass is 369 g/mol. The zero-order chi connectivity index (χ0) is 18.4. The Morgan fingerprint density at radius 3 is 2.64 bits per heavy atom. The molecule has 1 saturated heterocycles. The van der Waals surface area contributed by atoms with Gasteiger partial charge in [-0.05, 0) is 19.4 Å². The van der Waals surface area contributed by atoms with Crippen LogP contribution in [-0.2, 0) is 19.6 Å². The molecule has 0 spiro atoms. The minimum atomic E-state index is -3.53. The largest absolute Gasteiger partial charge is 0.378 e. The van der Waals surface area contributed by atoms with E-state index in [1.54, 1.807) is 4.90 Å². The highest BCUT2D eigenvalue weighted by molar-refractivity contribution is 7.89. The van der Waals surface area contributed by atoms with Crippen molar-refractivity contribution in [3.05, 3.63) is 35.9 Å². The fourth-order valence-corrected chi connectivity index (χ4v) is 3.64. The Morgan fingerprint density at radius 2 is 2.00 bits per heavy atom. The van der Waals surface area contributed by atoms with E-state index in [0.717, 1.165) is 5.56 Å². The van der Waals surface area contributed by atoms with Crippen molar-refractivity contribution < 1.29 is 17.9 Å². The van der Waals surface area contributed by atoms with Gasteiger partial charge in [-0.25, -0.2) is 13.1 Å². The average Bonchev–Trinajstić information content (AvgIpc) is 2.95. The van der Waals surface area contributed by atoms with Crippen LogP contribution >= 0.6 is 0 Å². The van der Waals surface area contributed by atoms with E-state index >= 15 is 0 Å². The zero-order valence-electron chi connectivity index (χ0n) is 14.7. The van der Waals surface area contributed by atoms with Crippen molar-refractivity contribution in [1.82, 2.24) is 9.62 Å². The van der Waals surface area contributed by atoms with Gasteiger partial charge in [0, 0.05) is 25.0 Å². The Balaban J connectivity index is 1.83. The first kappa shape index (κ1) is 19.8. The van der Waals surface area contributed by atoms with E-state index in [1.165, 1.54) is 0 Å². The molecule has 1 aromatic carbocycles. The number of carbonyl (C=O) groups is 1. The molecule has 1 fully saturated rings. The van der Waals surface area contributed by atoms with Gasteiger partial charge in [-0.15, -0.1) is 0 Å². The minimum Gasteiger partial charge on any atom is -0.378 e. The lowest BCUT2D eigenvalue weighted by molar-refractivity contribution is -0.128. The van der Waals surface area contributed by atoms with Crippen molar-refractivity contribution in [3.8, 4) is 0 Å². The van der Waals surface area contributed by atoms with E-state index in [4.69, 9.17) is 10.5 Å². The summed E-state index contributed by atoms with van der Waals surface area (Å²) in [5.41, 5.74) is 7.26. The number of sulfonamides is 1. The van der Waals surface area contributed by atoms with Crippen LogP contribution in [0.3, 0.4) is 0 Å². The summed E-state index contributed by atoms with van der Waals surface area (Å²) in [5, 5.41) is 0. The smallest absolute Gasteiger partial charge is 0.237 e. The van der Waals surface area contributed by atoms with Crippen LogP contribution in [0.2, 0.25) is 0 Å². The van der Waals surface area contributed by atoms with Crippen molar-refractivity contribution in [2.24, 2.45) is 5.73 Å². The molecule has 2 atom stereocenters. The number of benzene rings is 1. The molecule has 0 unspecified atom stereocenters. The number of nitrogens with two attached hydrogens (primary N) is 1. The van der Waals surface area contributed by atoms with E-state index in [0.29, 0.717) is 13.1 Å². The van der Waals surface area contributed by atoms with Crippen LogP contribution in [0.4, 0.5) is 0 Å². The fraction of sp³-hybridized carbons (Fsp3) is 0.588. The topological polar surface area (TPSA) is 102 Å². The van der Waals surface area contributed by atoms with Crippen LogP contribution in [0.5, 0.6) is 0 Å². The molecule has 140 valence electrons. The van der Waals surface area contributed by atoms with Gasteiger partial charge >= 0.3 is 0 Å². The average molecular weight is 369 g/mol. The number of hydrogen-bond donors (Lipinski definition) is 2. The molecule has 8 heteroatoms. The molecule has 0 radical (unpaired) electrons. The highest BCUT2D eigenvalue weighted by Gasteiger charge is 2.33. The highest BCUT2D eigenvalue weighted by atomic mass is 32.2. The van der Waals surface area contributed by atoms with Crippen LogP contribution in [0.15, 0.2) is 30.3 Å². The number of hydrogen-bond acceptors (Lipinski definition) is 5. The molecule has 1 aliphatic rings. The number of ether oxygens (including phenoxy) is 1. The van der Waals surface area contributed by atoms with Gasteiger partial charge in [0.25, 0.3) is 0 Å². The number of carbonyl (C=O) groups excluding carboxylic acids is 1. The summed E-state index contributed by atoms with van der Waals surface area (Å²) in [7, 11) is -3.53. The molecule has 2 rings (SSSR count). The molecule has 1 aliphatic heterocycles. The molecule has 1 aromatic rings. The van der Waals surface area contributed by atoms with Crippen LogP contribution in [0.1, 0.15) is 25.3 Å². The molecule has 0 aliphatic carbocycles. The van der Waals surface area contributed by atoms with E-state index in [2.05, 4.69) is 4.72 Å². The lowest BCUT2D eigenvalue weighted by atomic mass is 9.95. The van der Waals surface area contributed by atoms with Crippen LogP contribution < -0.4 is 10.5 Å². The molecule has 0 aromatic heterocycles. The van der Waals surface area contributed by atoms with E-state index in [9.17, 15) is 13.2 Å². The maximum atomic E-state index is 12.3. The standard InChI is InChI=1S/C17H27N3O4S/c1-13(2)24-8-9-25(22,23)19-10-17(21)20-11-15(16(18)12-20)14-6-4-3-5-7-14/h3-7,13,15-16,19H,8-12,18H2,1-2H3/t15-,16+/m0/s1. The van der Waals surface area contributed by atoms with E-state index in [-0.39, 0.29) is 42.9 Å². The Kier molecular flexibility index (Phi) is 6.95. The number of likely N-dealkylation sites (tertiary alicyclic amines) is 1. The summed E-state index contributed by atoms with van der Waals surface area (Å²) < 4.78 is 31.4. The van der Waals surface area contributed by atoms with Gasteiger partial charge in [0.1, 0.15) is 0 Å². The van der Waals surface area contributed by atoms with Crippen LogP contribution in [-0.4, -0.2) is 63.4 Å². The molecule has 1 amide bonds.